The third-order valence-corrected chi connectivity index (χ3v) is 4.14. The lowest BCUT2D eigenvalue weighted by Crippen LogP contribution is -2.43. The molecule has 0 aliphatic heterocycles. The molecule has 0 amide bonds. The van der Waals surface area contributed by atoms with Crippen molar-refractivity contribution in [3.05, 3.63) is 48.1 Å². The number of halogens is 3. The predicted molar refractivity (Wildman–Crippen MR) is 89.1 cm³/mol. The monoisotopic (exact) mass is 380 g/mol. The van der Waals surface area contributed by atoms with Crippen LogP contribution in [0, 0.1) is 6.92 Å². The van der Waals surface area contributed by atoms with Gasteiger partial charge in [0.25, 0.3) is 6.43 Å². The third-order valence-electron chi connectivity index (χ3n) is 4.14. The molecule has 0 radical (unpaired) electrons. The van der Waals surface area contributed by atoms with E-state index in [2.05, 4.69) is 15.0 Å². The minimum absolute atomic E-state index is 0.0626. The van der Waals surface area contributed by atoms with Crippen LogP contribution in [0.25, 0.3) is 22.7 Å². The number of hydrogen-bond acceptors (Lipinski definition) is 7. The summed E-state index contributed by atoms with van der Waals surface area (Å²) in [5.41, 5.74) is 3.20. The Balaban J connectivity index is 2.15. The van der Waals surface area contributed by atoms with Crippen LogP contribution in [-0.2, 0) is 5.60 Å². The highest BCUT2D eigenvalue weighted by Gasteiger charge is 2.47. The van der Waals surface area contributed by atoms with Crippen LogP contribution in [0.1, 0.15) is 11.1 Å². The van der Waals surface area contributed by atoms with Crippen molar-refractivity contribution >= 4 is 5.82 Å². The smallest absolute Gasteiger partial charge is 0.276 e. The maximum atomic E-state index is 13.4. The number of nitrogen functional groups attached to an aromatic ring is 1. The number of nitrogens with two attached hydrogens (primary N) is 1. The van der Waals surface area contributed by atoms with E-state index in [1.807, 2.05) is 0 Å². The number of aryl methyl sites for hydroxylation is 1. The van der Waals surface area contributed by atoms with Crippen LogP contribution in [0.4, 0.5) is 19.0 Å². The zero-order valence-corrected chi connectivity index (χ0v) is 14.0. The van der Waals surface area contributed by atoms with Gasteiger partial charge in [-0.25, -0.2) is 28.1 Å². The fourth-order valence-electron chi connectivity index (χ4n) is 2.56. The predicted octanol–water partition coefficient (Wildman–Crippen LogP) is 2.43. The van der Waals surface area contributed by atoms with E-state index in [0.29, 0.717) is 11.1 Å². The Kier molecular flexibility index (Phi) is 4.85. The van der Waals surface area contributed by atoms with E-state index in [-0.39, 0.29) is 23.0 Å². The number of alkyl halides is 3. The van der Waals surface area contributed by atoms with Gasteiger partial charge in [-0.2, -0.15) is 0 Å². The van der Waals surface area contributed by atoms with Gasteiger partial charge in [-0.15, -0.1) is 0 Å². The molecular weight excluding hydrogens is 365 g/mol. The Morgan fingerprint density at radius 1 is 1.22 bits per heavy atom. The van der Waals surface area contributed by atoms with Crippen molar-refractivity contribution in [1.29, 1.82) is 0 Å². The zero-order chi connectivity index (χ0) is 19.8. The van der Waals surface area contributed by atoms with Gasteiger partial charge < -0.3 is 20.4 Å². The van der Waals surface area contributed by atoms with Gasteiger partial charge in [-0.3, -0.25) is 0 Å². The van der Waals surface area contributed by atoms with E-state index in [0.717, 1.165) is 12.1 Å². The molecular formula is C17H15F3N4O3. The summed E-state index contributed by atoms with van der Waals surface area (Å²) in [4.78, 5) is 12.1. The molecule has 2 atom stereocenters. The Bertz CT molecular complexity index is 941. The van der Waals surface area contributed by atoms with Crippen molar-refractivity contribution in [3.8, 4) is 22.7 Å². The maximum Gasteiger partial charge on any atom is 0.276 e. The molecule has 0 aliphatic rings. The van der Waals surface area contributed by atoms with Crippen LogP contribution in [0.3, 0.4) is 0 Å². The first-order chi connectivity index (χ1) is 12.7. The second-order valence-electron chi connectivity index (χ2n) is 5.85. The summed E-state index contributed by atoms with van der Waals surface area (Å²) in [5.74, 6) is 0.312. The molecule has 1 aromatic carbocycles. The van der Waals surface area contributed by atoms with E-state index in [9.17, 15) is 18.3 Å². The highest BCUT2D eigenvalue weighted by Crippen LogP contribution is 2.36. The second kappa shape index (κ2) is 6.97. The molecule has 0 bridgehead atoms. The van der Waals surface area contributed by atoms with Crippen molar-refractivity contribution in [2.24, 2.45) is 0 Å². The van der Waals surface area contributed by atoms with Gasteiger partial charge >= 0.3 is 0 Å². The van der Waals surface area contributed by atoms with Gasteiger partial charge in [0.2, 0.25) is 12.0 Å². The molecule has 0 spiro atoms. The zero-order valence-electron chi connectivity index (χ0n) is 14.0. The maximum absolute atomic E-state index is 13.4. The Morgan fingerprint density at radius 3 is 2.56 bits per heavy atom. The number of rotatable bonds is 5. The molecule has 2 aromatic heterocycles. The number of hydrogen-bond donors (Lipinski definition) is 3. The molecule has 7 nitrogen and oxygen atoms in total. The summed E-state index contributed by atoms with van der Waals surface area (Å²) < 4.78 is 45.0. The quantitative estimate of drug-likeness (QED) is 0.622. The minimum atomic E-state index is -3.56. The number of benzene rings is 1. The molecule has 27 heavy (non-hydrogen) atoms. The minimum Gasteiger partial charge on any atom is -0.442 e. The highest BCUT2D eigenvalue weighted by molar-refractivity contribution is 5.71. The fourth-order valence-corrected chi connectivity index (χ4v) is 2.56. The SMILES string of the molecule is Cc1ccc(C(O)(C(O)F)C(F)F)cc1-c1cnc(N)c(-c2cnco2)n1. The summed E-state index contributed by atoms with van der Waals surface area (Å²) >= 11 is 0. The van der Waals surface area contributed by atoms with Gasteiger partial charge in [0, 0.05) is 5.56 Å². The topological polar surface area (TPSA) is 118 Å². The molecule has 0 saturated heterocycles. The summed E-state index contributed by atoms with van der Waals surface area (Å²) in [6.07, 6.45) is -2.89. The number of nitrogens with zero attached hydrogens (tertiary/aromatic N) is 3. The number of anilines is 1. The summed E-state index contributed by atoms with van der Waals surface area (Å²) in [6.45, 7) is 1.67. The third kappa shape index (κ3) is 3.24. The largest absolute Gasteiger partial charge is 0.442 e. The van der Waals surface area contributed by atoms with Gasteiger partial charge in [-0.05, 0) is 24.1 Å². The first-order valence-electron chi connectivity index (χ1n) is 7.70. The first kappa shape index (κ1) is 18.8. The second-order valence-corrected chi connectivity index (χ2v) is 5.85. The average molecular weight is 380 g/mol. The molecule has 0 saturated carbocycles. The van der Waals surface area contributed by atoms with Gasteiger partial charge in [0.1, 0.15) is 0 Å². The van der Waals surface area contributed by atoms with Crippen LogP contribution in [0.2, 0.25) is 0 Å². The van der Waals surface area contributed by atoms with Crippen molar-refractivity contribution < 1.29 is 27.8 Å². The average Bonchev–Trinajstić information content (AvgIpc) is 3.16. The molecule has 4 N–H and O–H groups in total. The summed E-state index contributed by atoms with van der Waals surface area (Å²) in [6, 6.07) is 3.62. The van der Waals surface area contributed by atoms with Gasteiger partial charge in [-0.1, -0.05) is 12.1 Å². The van der Waals surface area contributed by atoms with Gasteiger partial charge in [0.05, 0.1) is 18.1 Å². The summed E-state index contributed by atoms with van der Waals surface area (Å²) in [5, 5.41) is 19.1. The van der Waals surface area contributed by atoms with E-state index in [4.69, 9.17) is 15.3 Å². The van der Waals surface area contributed by atoms with Crippen LogP contribution >= 0.6 is 0 Å². The first-order valence-corrected chi connectivity index (χ1v) is 7.70. The van der Waals surface area contributed by atoms with E-state index in [1.54, 1.807) is 6.92 Å². The molecule has 2 heterocycles. The van der Waals surface area contributed by atoms with E-state index < -0.39 is 23.9 Å². The highest BCUT2D eigenvalue weighted by atomic mass is 19.3. The standard InChI is InChI=1S/C17H15F3N4O3/c1-8-2-3-9(17(26,15(18)19)16(20)25)4-10(8)11-5-23-14(21)13(24-11)12-6-22-7-27-12/h2-7,15-16,25-26H,1H3,(H2,21,23). The normalized spacial score (nSPS) is 14.9. The van der Waals surface area contributed by atoms with Crippen molar-refractivity contribution in [3.63, 3.8) is 0 Å². The van der Waals surface area contributed by atoms with Crippen molar-refractivity contribution in [1.82, 2.24) is 15.0 Å². The lowest BCUT2D eigenvalue weighted by molar-refractivity contribution is -0.211. The lowest BCUT2D eigenvalue weighted by atomic mass is 9.90. The van der Waals surface area contributed by atoms with Crippen LogP contribution in [0.5, 0.6) is 0 Å². The fraction of sp³-hybridized carbons (Fsp3) is 0.235. The Labute approximate surface area is 151 Å². The van der Waals surface area contributed by atoms with E-state index in [1.165, 1.54) is 24.9 Å². The van der Waals surface area contributed by atoms with Crippen LogP contribution in [0.15, 0.2) is 41.4 Å². The molecule has 2 unspecified atom stereocenters. The lowest BCUT2D eigenvalue weighted by Gasteiger charge is -2.28. The Morgan fingerprint density at radius 2 is 1.96 bits per heavy atom. The van der Waals surface area contributed by atoms with Crippen LogP contribution < -0.4 is 5.73 Å². The molecule has 0 fully saturated rings. The molecule has 10 heteroatoms. The van der Waals surface area contributed by atoms with Gasteiger partial charge in [0.15, 0.2) is 23.7 Å². The van der Waals surface area contributed by atoms with Crippen molar-refractivity contribution in [2.45, 2.75) is 25.3 Å². The number of aliphatic hydroxyl groups excluding tert-OH is 1. The molecule has 0 aliphatic carbocycles. The summed E-state index contributed by atoms with van der Waals surface area (Å²) in [7, 11) is 0. The van der Waals surface area contributed by atoms with Crippen molar-refractivity contribution in [2.75, 3.05) is 5.73 Å². The number of oxazole rings is 1. The Hall–Kier alpha value is -2.98. The number of aliphatic hydroxyl groups is 2. The molecule has 142 valence electrons. The van der Waals surface area contributed by atoms with Crippen LogP contribution in [-0.4, -0.2) is 37.9 Å². The number of aromatic nitrogens is 3. The molecule has 3 aromatic rings. The van der Waals surface area contributed by atoms with E-state index >= 15 is 0 Å². The molecule has 3 rings (SSSR count).